The van der Waals surface area contributed by atoms with Crippen molar-refractivity contribution in [2.45, 2.75) is 50.2 Å². The minimum atomic E-state index is -1.45. The summed E-state index contributed by atoms with van der Waals surface area (Å²) < 4.78 is 56.9. The second kappa shape index (κ2) is 17.5. The van der Waals surface area contributed by atoms with Crippen LogP contribution in [0.5, 0.6) is 0 Å². The fourth-order valence-corrected chi connectivity index (χ4v) is 6.61. The number of amides is 5. The summed E-state index contributed by atoms with van der Waals surface area (Å²) in [5.41, 5.74) is -0.615. The standard InChI is InChI=1S/C38H44F3N7O7/c1-24(23-55-37(52)43-13-15-54-16-14-47-32(49)9-10-33(47)50)44-36(51)48(21-26-18-42-19-30(26)41)34(38(53)11-12-38)35-45-31(28-17-27(39)7-8-29(28)40)22-46(35)20-25-5-3-2-4-6-25/h2-10,17,22,24,26,30,34,42,53H,11-16,18-21,23H2,1H3,(H,43,52)(H,44,51). The fourth-order valence-electron chi connectivity index (χ4n) is 6.61. The highest BCUT2D eigenvalue weighted by Gasteiger charge is 2.55. The number of imidazole rings is 1. The van der Waals surface area contributed by atoms with E-state index in [0.717, 1.165) is 28.7 Å². The van der Waals surface area contributed by atoms with Gasteiger partial charge in [-0.05, 0) is 43.5 Å². The van der Waals surface area contributed by atoms with E-state index in [2.05, 4.69) is 16.0 Å². The van der Waals surface area contributed by atoms with E-state index in [-0.39, 0.29) is 76.2 Å². The number of ether oxygens (including phenoxy) is 2. The molecule has 1 saturated carbocycles. The van der Waals surface area contributed by atoms with Crippen LogP contribution < -0.4 is 16.0 Å². The Morgan fingerprint density at radius 1 is 1.09 bits per heavy atom. The highest BCUT2D eigenvalue weighted by molar-refractivity contribution is 6.12. The van der Waals surface area contributed by atoms with Gasteiger partial charge >= 0.3 is 12.1 Å². The lowest BCUT2D eigenvalue weighted by Crippen LogP contribution is -2.53. The highest BCUT2D eigenvalue weighted by Crippen LogP contribution is 2.49. The van der Waals surface area contributed by atoms with Crippen molar-refractivity contribution in [3.8, 4) is 11.3 Å². The van der Waals surface area contributed by atoms with Crippen molar-refractivity contribution in [1.29, 1.82) is 0 Å². The molecule has 0 spiro atoms. The van der Waals surface area contributed by atoms with Gasteiger partial charge in [0.15, 0.2) is 0 Å². The van der Waals surface area contributed by atoms with Crippen molar-refractivity contribution in [3.63, 3.8) is 0 Å². The van der Waals surface area contributed by atoms with Gasteiger partial charge in [-0.2, -0.15) is 0 Å². The van der Waals surface area contributed by atoms with Gasteiger partial charge in [-0.15, -0.1) is 0 Å². The number of urea groups is 1. The van der Waals surface area contributed by atoms with Gasteiger partial charge < -0.3 is 40.0 Å². The van der Waals surface area contributed by atoms with E-state index in [4.69, 9.17) is 14.5 Å². The number of carbonyl (C=O) groups is 4. The molecule has 6 rings (SSSR count). The zero-order valence-corrected chi connectivity index (χ0v) is 30.3. The van der Waals surface area contributed by atoms with Crippen LogP contribution >= 0.6 is 0 Å². The molecule has 4 N–H and O–H groups in total. The first-order valence-electron chi connectivity index (χ1n) is 18.1. The molecule has 1 aliphatic carbocycles. The van der Waals surface area contributed by atoms with Crippen LogP contribution in [0.2, 0.25) is 0 Å². The molecule has 17 heteroatoms. The van der Waals surface area contributed by atoms with Crippen LogP contribution in [0.15, 0.2) is 66.9 Å². The minimum absolute atomic E-state index is 0.0741. The summed E-state index contributed by atoms with van der Waals surface area (Å²) in [7, 11) is 0. The summed E-state index contributed by atoms with van der Waals surface area (Å²) in [5.74, 6) is -2.62. The molecule has 1 aromatic heterocycles. The predicted octanol–water partition coefficient (Wildman–Crippen LogP) is 3.07. The average molecular weight is 768 g/mol. The molecule has 3 aromatic rings. The van der Waals surface area contributed by atoms with Gasteiger partial charge in [-0.1, -0.05) is 30.3 Å². The molecule has 4 atom stereocenters. The second-order valence-electron chi connectivity index (χ2n) is 14.0. The van der Waals surface area contributed by atoms with Crippen LogP contribution in [-0.4, -0.2) is 119 Å². The first kappa shape index (κ1) is 39.4. The number of imide groups is 1. The van der Waals surface area contributed by atoms with E-state index in [0.29, 0.717) is 12.8 Å². The van der Waals surface area contributed by atoms with Gasteiger partial charge in [0.25, 0.3) is 11.8 Å². The van der Waals surface area contributed by atoms with Crippen LogP contribution in [0.3, 0.4) is 0 Å². The molecule has 5 amide bonds. The van der Waals surface area contributed by atoms with Crippen LogP contribution in [0.25, 0.3) is 11.3 Å². The summed E-state index contributed by atoms with van der Waals surface area (Å²) in [6, 6.07) is 9.80. The molecule has 0 radical (unpaired) electrons. The molecule has 3 heterocycles. The Bertz CT molecular complexity index is 1870. The van der Waals surface area contributed by atoms with Crippen molar-refractivity contribution in [2.24, 2.45) is 5.92 Å². The summed E-state index contributed by atoms with van der Waals surface area (Å²) in [4.78, 5) is 57.0. The van der Waals surface area contributed by atoms with Crippen molar-refractivity contribution < 1.29 is 46.9 Å². The molecule has 14 nitrogen and oxygen atoms in total. The number of halogens is 3. The van der Waals surface area contributed by atoms with E-state index in [9.17, 15) is 28.7 Å². The zero-order chi connectivity index (χ0) is 39.1. The van der Waals surface area contributed by atoms with Gasteiger partial charge in [0.2, 0.25) is 0 Å². The molecular formula is C38H44F3N7O7. The van der Waals surface area contributed by atoms with Crippen LogP contribution in [-0.2, 0) is 25.6 Å². The molecule has 3 aliphatic rings. The van der Waals surface area contributed by atoms with Gasteiger partial charge in [0, 0.05) is 62.6 Å². The molecule has 2 fully saturated rings. The summed E-state index contributed by atoms with van der Waals surface area (Å²) in [5, 5.41) is 20.2. The number of rotatable bonds is 17. The van der Waals surface area contributed by atoms with Crippen molar-refractivity contribution >= 4 is 23.9 Å². The Hall–Kier alpha value is -5.26. The molecule has 1 saturated heterocycles. The number of hydrogen-bond donors (Lipinski definition) is 4. The number of aliphatic hydroxyl groups is 1. The Morgan fingerprint density at radius 2 is 1.84 bits per heavy atom. The molecule has 4 unspecified atom stereocenters. The molecule has 294 valence electrons. The topological polar surface area (TPSA) is 167 Å². The Balaban J connectivity index is 1.16. The second-order valence-corrected chi connectivity index (χ2v) is 14.0. The maximum absolute atomic E-state index is 15.1. The van der Waals surface area contributed by atoms with Gasteiger partial charge in [-0.3, -0.25) is 14.5 Å². The predicted molar refractivity (Wildman–Crippen MR) is 192 cm³/mol. The third kappa shape index (κ3) is 9.89. The van der Waals surface area contributed by atoms with Crippen LogP contribution in [0.1, 0.15) is 37.2 Å². The van der Waals surface area contributed by atoms with Crippen molar-refractivity contribution in [1.82, 2.24) is 35.3 Å². The first-order valence-corrected chi connectivity index (χ1v) is 18.1. The summed E-state index contributed by atoms with van der Waals surface area (Å²) in [6.45, 7) is 2.18. The molecular weight excluding hydrogens is 723 g/mol. The number of alkyl halides is 1. The molecule has 2 aliphatic heterocycles. The van der Waals surface area contributed by atoms with E-state index in [1.807, 2.05) is 30.3 Å². The number of nitrogens with one attached hydrogen (secondary N) is 3. The van der Waals surface area contributed by atoms with Gasteiger partial charge in [-0.25, -0.2) is 27.7 Å². The molecule has 2 aromatic carbocycles. The smallest absolute Gasteiger partial charge is 0.407 e. The Labute approximate surface area is 315 Å². The lowest BCUT2D eigenvalue weighted by molar-refractivity contribution is -0.137. The van der Waals surface area contributed by atoms with Crippen molar-refractivity contribution in [3.05, 3.63) is 89.9 Å². The maximum atomic E-state index is 15.1. The van der Waals surface area contributed by atoms with Crippen molar-refractivity contribution in [2.75, 3.05) is 52.5 Å². The highest BCUT2D eigenvalue weighted by atomic mass is 19.1. The van der Waals surface area contributed by atoms with E-state index in [1.54, 1.807) is 17.7 Å². The van der Waals surface area contributed by atoms with Gasteiger partial charge in [0.1, 0.15) is 36.3 Å². The summed E-state index contributed by atoms with van der Waals surface area (Å²) in [6.07, 6.45) is 2.47. The maximum Gasteiger partial charge on any atom is 0.407 e. The number of benzene rings is 2. The minimum Gasteiger partial charge on any atom is -0.447 e. The van der Waals surface area contributed by atoms with E-state index < -0.39 is 65.3 Å². The number of aromatic nitrogens is 2. The Kier molecular flexibility index (Phi) is 12.5. The van der Waals surface area contributed by atoms with Crippen LogP contribution in [0.4, 0.5) is 22.8 Å². The van der Waals surface area contributed by atoms with E-state index >= 15 is 8.78 Å². The fraction of sp³-hybridized carbons (Fsp3) is 0.447. The Morgan fingerprint density at radius 3 is 2.53 bits per heavy atom. The first-order chi connectivity index (χ1) is 26.4. The normalized spacial score (nSPS) is 19.7. The monoisotopic (exact) mass is 767 g/mol. The molecule has 0 bridgehead atoms. The number of alkyl carbamates (subject to hydrolysis) is 1. The van der Waals surface area contributed by atoms with E-state index in [1.165, 1.54) is 17.1 Å². The third-order valence-corrected chi connectivity index (χ3v) is 9.69. The SMILES string of the molecule is CC(COC(=O)NCCOCCN1C(=O)C=CC1=O)NC(=O)N(CC1CNCC1F)C(c1nc(-c2cc(F)ccc2F)cn1Cc1ccccc1)C1(O)CC1. The molecule has 55 heavy (non-hydrogen) atoms. The largest absolute Gasteiger partial charge is 0.447 e. The lowest BCUT2D eigenvalue weighted by atomic mass is 10.0. The average Bonchev–Trinajstić information content (AvgIpc) is 3.40. The number of nitrogens with zero attached hydrogens (tertiary/aromatic N) is 4. The number of hydrogen-bond acceptors (Lipinski definition) is 9. The quantitative estimate of drug-likeness (QED) is 0.119. The van der Waals surface area contributed by atoms with Gasteiger partial charge in [0.05, 0.1) is 37.1 Å². The number of carbonyl (C=O) groups excluding carboxylic acids is 4. The lowest BCUT2D eigenvalue weighted by Gasteiger charge is -2.37. The summed E-state index contributed by atoms with van der Waals surface area (Å²) >= 11 is 0. The third-order valence-electron chi connectivity index (χ3n) is 9.69. The van der Waals surface area contributed by atoms with Crippen LogP contribution in [0, 0.1) is 17.6 Å². The zero-order valence-electron chi connectivity index (χ0n) is 30.3.